The van der Waals surface area contributed by atoms with E-state index < -0.39 is 0 Å². The fourth-order valence-corrected chi connectivity index (χ4v) is 4.55. The zero-order valence-corrected chi connectivity index (χ0v) is 15.0. The Morgan fingerprint density at radius 2 is 2.21 bits per heavy atom. The number of aryl methyl sites for hydroxylation is 2. The summed E-state index contributed by atoms with van der Waals surface area (Å²) in [6, 6.07) is 0. The highest BCUT2D eigenvalue weighted by atomic mass is 32.1. The van der Waals surface area contributed by atoms with Crippen molar-refractivity contribution in [1.29, 1.82) is 0 Å². The van der Waals surface area contributed by atoms with Gasteiger partial charge in [-0.3, -0.25) is 14.4 Å². The standard InChI is InChI=1S/C17H23N5OS/c1-12-19-14(11-24-12)10-22-5-3-17(4-6-22)7-15(16(23)20-17)13-8-18-21(2)9-13/h8-9,11,15H,3-7,10H2,1-2H3,(H,20,23)/t15-/m0/s1. The zero-order chi connectivity index (χ0) is 16.7. The number of likely N-dealkylation sites (tertiary alicyclic amines) is 1. The molecule has 6 nitrogen and oxygen atoms in total. The molecule has 1 atom stereocenters. The second-order valence-corrected chi connectivity index (χ2v) is 8.17. The first-order valence-electron chi connectivity index (χ1n) is 8.47. The molecule has 7 heteroatoms. The average molecular weight is 345 g/mol. The van der Waals surface area contributed by atoms with Gasteiger partial charge in [0.15, 0.2) is 0 Å². The summed E-state index contributed by atoms with van der Waals surface area (Å²) in [5.74, 6) is 0.109. The van der Waals surface area contributed by atoms with Gasteiger partial charge in [-0.25, -0.2) is 4.98 Å². The number of piperidine rings is 1. The predicted molar refractivity (Wildman–Crippen MR) is 92.8 cm³/mol. The van der Waals surface area contributed by atoms with Gasteiger partial charge in [0.2, 0.25) is 5.91 Å². The number of carbonyl (C=O) groups excluding carboxylic acids is 1. The van der Waals surface area contributed by atoms with Gasteiger partial charge in [-0.1, -0.05) is 0 Å². The summed E-state index contributed by atoms with van der Waals surface area (Å²) < 4.78 is 1.77. The summed E-state index contributed by atoms with van der Waals surface area (Å²) in [6.45, 7) is 4.99. The lowest BCUT2D eigenvalue weighted by Gasteiger charge is -2.39. The molecule has 4 rings (SSSR count). The zero-order valence-electron chi connectivity index (χ0n) is 14.2. The summed E-state index contributed by atoms with van der Waals surface area (Å²) in [4.78, 5) is 19.5. The van der Waals surface area contributed by atoms with E-state index in [9.17, 15) is 4.79 Å². The van der Waals surface area contributed by atoms with Gasteiger partial charge in [-0.15, -0.1) is 11.3 Å². The van der Waals surface area contributed by atoms with E-state index in [0.29, 0.717) is 0 Å². The lowest BCUT2D eigenvalue weighted by molar-refractivity contribution is -0.121. The van der Waals surface area contributed by atoms with E-state index in [1.54, 1.807) is 16.0 Å². The molecule has 128 valence electrons. The third-order valence-electron chi connectivity index (χ3n) is 5.29. The minimum atomic E-state index is -0.0496. The van der Waals surface area contributed by atoms with Gasteiger partial charge < -0.3 is 5.32 Å². The van der Waals surface area contributed by atoms with Crippen LogP contribution >= 0.6 is 11.3 Å². The smallest absolute Gasteiger partial charge is 0.228 e. The van der Waals surface area contributed by atoms with Crippen LogP contribution in [0.3, 0.4) is 0 Å². The highest BCUT2D eigenvalue weighted by Crippen LogP contribution is 2.39. The van der Waals surface area contributed by atoms with Crippen molar-refractivity contribution >= 4 is 17.2 Å². The maximum absolute atomic E-state index is 12.5. The molecule has 0 aliphatic carbocycles. The van der Waals surface area contributed by atoms with Crippen molar-refractivity contribution in [2.24, 2.45) is 7.05 Å². The van der Waals surface area contributed by atoms with E-state index in [-0.39, 0.29) is 17.4 Å². The number of amides is 1. The molecular formula is C17H23N5OS. The van der Waals surface area contributed by atoms with E-state index in [1.807, 2.05) is 26.4 Å². The van der Waals surface area contributed by atoms with Crippen LogP contribution in [0.5, 0.6) is 0 Å². The fourth-order valence-electron chi connectivity index (χ4n) is 3.95. The van der Waals surface area contributed by atoms with Gasteiger partial charge in [-0.05, 0) is 26.2 Å². The third kappa shape index (κ3) is 2.98. The van der Waals surface area contributed by atoms with Crippen LogP contribution in [-0.2, 0) is 18.4 Å². The normalized spacial score (nSPS) is 23.8. The lowest BCUT2D eigenvalue weighted by Crippen LogP contribution is -2.50. The molecule has 4 heterocycles. The van der Waals surface area contributed by atoms with Crippen molar-refractivity contribution in [3.63, 3.8) is 0 Å². The molecule has 2 fully saturated rings. The van der Waals surface area contributed by atoms with Crippen molar-refractivity contribution in [2.45, 2.75) is 44.2 Å². The van der Waals surface area contributed by atoms with Crippen LogP contribution in [0.25, 0.3) is 0 Å². The highest BCUT2D eigenvalue weighted by Gasteiger charge is 2.46. The Morgan fingerprint density at radius 1 is 1.42 bits per heavy atom. The second-order valence-electron chi connectivity index (χ2n) is 7.11. The van der Waals surface area contributed by atoms with Gasteiger partial charge in [0.25, 0.3) is 0 Å². The van der Waals surface area contributed by atoms with E-state index in [0.717, 1.165) is 55.2 Å². The van der Waals surface area contributed by atoms with Crippen LogP contribution in [0.15, 0.2) is 17.8 Å². The number of hydrogen-bond acceptors (Lipinski definition) is 5. The Bertz CT molecular complexity index is 744. The molecule has 1 spiro atoms. The molecule has 0 radical (unpaired) electrons. The molecule has 1 amide bonds. The van der Waals surface area contributed by atoms with Crippen molar-refractivity contribution in [3.05, 3.63) is 34.0 Å². The molecule has 0 saturated carbocycles. The predicted octanol–water partition coefficient (Wildman–Crippen LogP) is 1.82. The van der Waals surface area contributed by atoms with Crippen LogP contribution in [-0.4, -0.2) is 44.2 Å². The molecule has 2 aliphatic rings. The number of aromatic nitrogens is 3. The summed E-state index contributed by atoms with van der Waals surface area (Å²) in [5, 5.41) is 10.8. The molecule has 2 aliphatic heterocycles. The lowest BCUT2D eigenvalue weighted by atomic mass is 9.82. The van der Waals surface area contributed by atoms with Crippen molar-refractivity contribution < 1.29 is 4.79 Å². The van der Waals surface area contributed by atoms with Crippen molar-refractivity contribution in [3.8, 4) is 0 Å². The molecule has 0 aromatic carbocycles. The molecule has 2 aromatic rings. The third-order valence-corrected chi connectivity index (χ3v) is 6.11. The van der Waals surface area contributed by atoms with Gasteiger partial charge in [-0.2, -0.15) is 5.10 Å². The Hall–Kier alpha value is -1.73. The average Bonchev–Trinajstić information content (AvgIpc) is 3.23. The second kappa shape index (κ2) is 5.97. The number of thiazole rings is 1. The molecule has 2 aromatic heterocycles. The van der Waals surface area contributed by atoms with Crippen LogP contribution < -0.4 is 5.32 Å². The maximum Gasteiger partial charge on any atom is 0.228 e. The Labute approximate surface area is 145 Å². The number of rotatable bonds is 3. The van der Waals surface area contributed by atoms with E-state index in [1.165, 1.54) is 0 Å². The Morgan fingerprint density at radius 3 is 2.83 bits per heavy atom. The molecule has 2 saturated heterocycles. The SMILES string of the molecule is Cc1nc(CN2CCC3(CC2)C[C@@H](c2cnn(C)c2)C(=O)N3)cs1. The van der Waals surface area contributed by atoms with E-state index in [4.69, 9.17) is 0 Å². The van der Waals surface area contributed by atoms with Gasteiger partial charge in [0.1, 0.15) is 0 Å². The number of nitrogens with one attached hydrogen (secondary N) is 1. The number of nitrogens with zero attached hydrogens (tertiary/aromatic N) is 4. The van der Waals surface area contributed by atoms with Crippen LogP contribution in [0.1, 0.15) is 41.4 Å². The molecule has 1 N–H and O–H groups in total. The number of carbonyl (C=O) groups is 1. The van der Waals surface area contributed by atoms with Gasteiger partial charge in [0.05, 0.1) is 22.8 Å². The molecule has 24 heavy (non-hydrogen) atoms. The van der Waals surface area contributed by atoms with Crippen molar-refractivity contribution in [1.82, 2.24) is 25.0 Å². The number of hydrogen-bond donors (Lipinski definition) is 1. The van der Waals surface area contributed by atoms with Gasteiger partial charge in [0, 0.05) is 49.4 Å². The Kier molecular flexibility index (Phi) is 3.92. The molecule has 0 bridgehead atoms. The van der Waals surface area contributed by atoms with E-state index in [2.05, 4.69) is 25.7 Å². The van der Waals surface area contributed by atoms with Gasteiger partial charge >= 0.3 is 0 Å². The summed E-state index contributed by atoms with van der Waals surface area (Å²) in [5.41, 5.74) is 2.16. The summed E-state index contributed by atoms with van der Waals surface area (Å²) >= 11 is 1.71. The van der Waals surface area contributed by atoms with E-state index >= 15 is 0 Å². The summed E-state index contributed by atoms with van der Waals surface area (Å²) in [6.07, 6.45) is 6.70. The van der Waals surface area contributed by atoms with Crippen molar-refractivity contribution in [2.75, 3.05) is 13.1 Å². The minimum Gasteiger partial charge on any atom is -0.350 e. The van der Waals surface area contributed by atoms with Crippen LogP contribution in [0.4, 0.5) is 0 Å². The summed E-state index contributed by atoms with van der Waals surface area (Å²) in [7, 11) is 1.89. The quantitative estimate of drug-likeness (QED) is 0.922. The molecule has 0 unspecified atom stereocenters. The minimum absolute atomic E-state index is 0.0356. The first-order valence-corrected chi connectivity index (χ1v) is 9.35. The highest BCUT2D eigenvalue weighted by molar-refractivity contribution is 7.09. The van der Waals surface area contributed by atoms with Crippen LogP contribution in [0, 0.1) is 6.92 Å². The molecular weight excluding hydrogens is 322 g/mol. The monoisotopic (exact) mass is 345 g/mol. The first-order chi connectivity index (χ1) is 11.5. The Balaban J connectivity index is 1.39. The first kappa shape index (κ1) is 15.8. The largest absolute Gasteiger partial charge is 0.350 e. The maximum atomic E-state index is 12.5. The van der Waals surface area contributed by atoms with Crippen LogP contribution in [0.2, 0.25) is 0 Å². The topological polar surface area (TPSA) is 63.1 Å². The fraction of sp³-hybridized carbons (Fsp3) is 0.588.